The third-order valence-corrected chi connectivity index (χ3v) is 20.2. The van der Waals surface area contributed by atoms with Gasteiger partial charge in [-0.25, -0.2) is 0 Å². The van der Waals surface area contributed by atoms with Crippen molar-refractivity contribution in [2.45, 2.75) is 163 Å². The highest BCUT2D eigenvalue weighted by Crippen LogP contribution is 2.50. The Morgan fingerprint density at radius 3 is 1.93 bits per heavy atom. The number of amides is 9. The molecule has 13 rings (SSSR count). The third kappa shape index (κ3) is 18.3. The van der Waals surface area contributed by atoms with Crippen LogP contribution in [0.1, 0.15) is 111 Å². The minimum atomic E-state index is -2.38. The maximum Gasteiger partial charge on any atom is 0.248 e. The van der Waals surface area contributed by atoms with Gasteiger partial charge < -0.3 is 139 Å². The van der Waals surface area contributed by atoms with Gasteiger partial charge in [0.1, 0.15) is 101 Å². The maximum atomic E-state index is 16.2. The predicted molar refractivity (Wildman–Crippen MR) is 396 cm³/mol. The van der Waals surface area contributed by atoms with E-state index >= 15 is 19.2 Å². The Balaban J connectivity index is 1.13. The number of hydrogen-bond acceptors (Lipinski definition) is 27. The number of aliphatic hydroxyl groups is 6. The molecule has 0 saturated carbocycles. The van der Waals surface area contributed by atoms with Crippen molar-refractivity contribution in [2.75, 3.05) is 25.5 Å². The molecule has 7 aliphatic rings. The summed E-state index contributed by atoms with van der Waals surface area (Å²) in [5, 5.41) is 137. The Kier molecular flexibility index (Phi) is 25.3. The lowest BCUT2D eigenvalue weighted by Gasteiger charge is -2.47. The number of nitrogens with one attached hydrogen (secondary N) is 9. The fourth-order valence-corrected chi connectivity index (χ4v) is 14.2. The zero-order chi connectivity index (χ0) is 82.1. The Hall–Kier alpha value is -10.7. The van der Waals surface area contributed by atoms with Crippen LogP contribution >= 0.6 is 23.2 Å². The number of halogens is 2. The van der Waals surface area contributed by atoms with Crippen LogP contribution in [0.2, 0.25) is 10.0 Å². The molecule has 0 spiro atoms. The number of nitrogens with two attached hydrogens (primary N) is 2. The number of phenols is 4. The first-order chi connectivity index (χ1) is 53.4. The molecule has 7 aliphatic heterocycles. The molecule has 38 heteroatoms. The van der Waals surface area contributed by atoms with E-state index in [1.54, 1.807) is 13.0 Å². The zero-order valence-electron chi connectivity index (χ0n) is 61.2. The normalized spacial score (nSPS) is 27.5. The minimum absolute atomic E-state index is 0.0528. The summed E-state index contributed by atoms with van der Waals surface area (Å²) in [6, 6.07) is 3.54. The van der Waals surface area contributed by atoms with Crippen LogP contribution in [0.5, 0.6) is 51.7 Å². The van der Waals surface area contributed by atoms with E-state index in [9.17, 15) is 75.0 Å². The van der Waals surface area contributed by atoms with Crippen LogP contribution in [-0.4, -0.2) is 203 Å². The number of phenolic OH excluding ortho intramolecular Hbond substituents is 4. The van der Waals surface area contributed by atoms with Crippen molar-refractivity contribution in [3.63, 3.8) is 0 Å². The van der Waals surface area contributed by atoms with Gasteiger partial charge in [-0.3, -0.25) is 43.2 Å². The summed E-state index contributed by atoms with van der Waals surface area (Å²) in [7, 11) is 1.47. The number of aryl methyl sites for hydroxylation is 1. The van der Waals surface area contributed by atoms with Crippen LogP contribution in [0.25, 0.3) is 11.1 Å². The predicted octanol–water partition coefficient (Wildman–Crippen LogP) is 0.791. The molecule has 604 valence electrons. The highest BCUT2D eigenvalue weighted by molar-refractivity contribution is 6.32. The number of anilines is 1. The van der Waals surface area contributed by atoms with Gasteiger partial charge in [0.15, 0.2) is 23.9 Å². The molecule has 0 aromatic heterocycles. The van der Waals surface area contributed by atoms with E-state index in [2.05, 4.69) is 47.9 Å². The van der Waals surface area contributed by atoms with E-state index in [1.165, 1.54) is 45.2 Å². The number of benzene rings is 6. The lowest BCUT2D eigenvalue weighted by molar-refractivity contribution is -0.333. The highest BCUT2D eigenvalue weighted by Gasteiger charge is 2.52. The molecule has 36 nitrogen and oxygen atoms in total. The summed E-state index contributed by atoms with van der Waals surface area (Å²) in [6.07, 6.45) is -18.8. The lowest BCUT2D eigenvalue weighted by Crippen LogP contribution is -2.64. The smallest absolute Gasteiger partial charge is 0.248 e. The topological polar surface area (TPSA) is 572 Å². The van der Waals surface area contributed by atoms with E-state index < -0.39 is 250 Å². The van der Waals surface area contributed by atoms with Crippen LogP contribution in [0.15, 0.2) is 97.1 Å². The van der Waals surface area contributed by atoms with Gasteiger partial charge in [-0.2, -0.15) is 0 Å². The van der Waals surface area contributed by atoms with Gasteiger partial charge in [-0.1, -0.05) is 61.3 Å². The van der Waals surface area contributed by atoms with Gasteiger partial charge in [0.25, 0.3) is 0 Å². The molecule has 6 aromatic carbocycles. The first kappa shape index (κ1) is 83.2. The molecule has 113 heavy (non-hydrogen) atoms. The molecular formula is C75H85Cl2N11O25. The molecule has 0 radical (unpaired) electrons. The molecule has 7 heterocycles. The average Bonchev–Trinajstić information content (AvgIpc) is 0.771. The summed E-state index contributed by atoms with van der Waals surface area (Å²) in [5.41, 5.74) is 8.58. The van der Waals surface area contributed by atoms with Crippen LogP contribution in [-0.2, 0) is 57.4 Å². The molecule has 11 bridgehead atoms. The summed E-state index contributed by atoms with van der Waals surface area (Å²) in [5.74, 6) is -16.9. The minimum Gasteiger partial charge on any atom is -0.508 e. The maximum absolute atomic E-state index is 16.2. The molecule has 6 aromatic rings. The van der Waals surface area contributed by atoms with E-state index in [0.717, 1.165) is 66.7 Å². The summed E-state index contributed by atoms with van der Waals surface area (Å²) in [4.78, 5) is 134. The Morgan fingerprint density at radius 2 is 1.31 bits per heavy atom. The Morgan fingerprint density at radius 1 is 0.690 bits per heavy atom. The molecule has 0 aliphatic carbocycles. The van der Waals surface area contributed by atoms with Gasteiger partial charge in [-0.05, 0) is 140 Å². The van der Waals surface area contributed by atoms with Gasteiger partial charge in [0.05, 0.1) is 53.6 Å². The van der Waals surface area contributed by atoms with Crippen molar-refractivity contribution in [2.24, 2.45) is 17.4 Å². The van der Waals surface area contributed by atoms with Gasteiger partial charge >= 0.3 is 0 Å². The number of aromatic hydroxyl groups is 4. The zero-order valence-corrected chi connectivity index (χ0v) is 62.7. The number of ether oxygens (including phenoxy) is 6. The molecule has 2 fully saturated rings. The lowest BCUT2D eigenvalue weighted by atomic mass is 9.86. The SMILES string of the molecule is CNC(CC(C)C)C(=O)NC1C(=O)NC(CC(N)=O)C(=O)NC2C(=O)NC3C(=O)NC(C(=O)NC(C(=O)NCC(=O)Nc4cc(C)ccc4O)c4cc(O)cc(O)c4-c4cc3ccc4O)C(O)c3ccc(c(Cl)c3)Oc3cc2cc(c3OC2OC(CO)C(O)C(O)C2OC2CC(C)(N)C(O)C(C)O2)Oc2ccc(cc2Cl)C1O. The van der Waals surface area contributed by atoms with Gasteiger partial charge in [0, 0.05) is 29.2 Å². The number of aliphatic hydroxyl groups excluding tert-OH is 6. The van der Waals surface area contributed by atoms with Crippen molar-refractivity contribution in [1.82, 2.24) is 42.5 Å². The Labute approximate surface area is 653 Å². The summed E-state index contributed by atoms with van der Waals surface area (Å²) < 4.78 is 38.5. The summed E-state index contributed by atoms with van der Waals surface area (Å²) in [6.45, 7) is 6.42. The van der Waals surface area contributed by atoms with Crippen molar-refractivity contribution in [3.05, 3.63) is 140 Å². The first-order valence-electron chi connectivity index (χ1n) is 35.5. The number of likely N-dealkylation sites (N-methyl/N-ethyl adjacent to an activating group) is 1. The second kappa shape index (κ2) is 34.3. The van der Waals surface area contributed by atoms with Gasteiger partial charge in [-0.15, -0.1) is 0 Å². The van der Waals surface area contributed by atoms with Crippen LogP contribution < -0.4 is 73.5 Å². The fourth-order valence-electron chi connectivity index (χ4n) is 13.7. The van der Waals surface area contributed by atoms with Crippen molar-refractivity contribution in [1.29, 1.82) is 0 Å². The first-order valence-corrected chi connectivity index (χ1v) is 36.3. The second-order valence-corrected chi connectivity index (χ2v) is 29.5. The highest BCUT2D eigenvalue weighted by atomic mass is 35.5. The van der Waals surface area contributed by atoms with Crippen LogP contribution in [0.4, 0.5) is 5.69 Å². The van der Waals surface area contributed by atoms with E-state index in [1.807, 2.05) is 13.8 Å². The second-order valence-electron chi connectivity index (χ2n) is 28.7. The van der Waals surface area contributed by atoms with Crippen molar-refractivity contribution < 1.29 is 123 Å². The van der Waals surface area contributed by atoms with Crippen LogP contribution in [0.3, 0.4) is 0 Å². The third-order valence-electron chi connectivity index (χ3n) is 19.6. The van der Waals surface area contributed by atoms with E-state index in [-0.39, 0.29) is 57.7 Å². The number of hydrogen-bond donors (Lipinski definition) is 21. The van der Waals surface area contributed by atoms with Crippen molar-refractivity contribution >= 4 is 82.1 Å². The van der Waals surface area contributed by atoms with Crippen molar-refractivity contribution in [3.8, 4) is 62.9 Å². The molecule has 9 amide bonds. The molecule has 23 N–H and O–H groups in total. The average molecular weight is 1610 g/mol. The summed E-state index contributed by atoms with van der Waals surface area (Å²) >= 11 is 14.3. The molecular weight excluding hydrogens is 1530 g/mol. The number of fused-ring (bicyclic) bond motifs is 15. The number of carbonyl (C=O) groups excluding carboxylic acids is 9. The van der Waals surface area contributed by atoms with Gasteiger partial charge in [0.2, 0.25) is 65.2 Å². The molecule has 18 atom stereocenters. The Bertz CT molecular complexity index is 4710. The van der Waals surface area contributed by atoms with E-state index in [4.69, 9.17) is 63.1 Å². The number of carbonyl (C=O) groups is 9. The standard InChI is InChI=1S/C75H85Cl2N11O25/c1-28(2)15-41(80-6)67(101)87-58-60(96)32-9-13-46(38(76)18-32)109-48-20-34-21-49(64(48)113-74-65(63(99)62(98)50(27-89)111-74)112-53-25-75(5,79)66(100)30(4)108-53)110-47-14-10-33(19-39(47)77)61(97)59-73(107)86-57(69(103)81-26-52(95)82-40-16-29(3)7-11-44(40)92)37-22-35(90)23-45(93)54(37)36-17-31(8-12-43(36)91)55(70(104)88-59)85-71(105)56(34)84-68(102)42(24-51(78)94)83-72(58)106/h7-14,16-23,28,30,41-42,50,53,55-63,65-66,74,80,89-93,96-100H,15,24-27,79H2,1-6H3,(H2,78,94)(H,81,103)(H,82,95)(H,83,106)(H,84,102)(H,85,105)(H,86,107)(H,87,101)(H,88,104). The largest absolute Gasteiger partial charge is 0.508 e. The molecule has 18 unspecified atom stereocenters. The number of rotatable bonds is 16. The molecule has 2 saturated heterocycles. The van der Waals surface area contributed by atoms with Crippen LogP contribution in [0, 0.1) is 12.8 Å². The fraction of sp³-hybridized carbons (Fsp3) is 0.400. The monoisotopic (exact) mass is 1610 g/mol. The number of primary amides is 1. The van der Waals surface area contributed by atoms with E-state index in [0.29, 0.717) is 5.56 Å². The quantitative estimate of drug-likeness (QED) is 0.0596.